The van der Waals surface area contributed by atoms with Crippen LogP contribution >= 0.6 is 0 Å². The number of oxime groups is 1. The highest BCUT2D eigenvalue weighted by Crippen LogP contribution is 2.29. The monoisotopic (exact) mass is 407 g/mol. The summed E-state index contributed by atoms with van der Waals surface area (Å²) in [5, 5.41) is 3.09. The van der Waals surface area contributed by atoms with Gasteiger partial charge in [0.15, 0.2) is 5.71 Å². The molecule has 0 aliphatic heterocycles. The quantitative estimate of drug-likeness (QED) is 0.318. The molecule has 2 rings (SSSR count). The third kappa shape index (κ3) is 6.27. The first-order chi connectivity index (χ1) is 13.8. The smallest absolute Gasteiger partial charge is 0.437 e. The summed E-state index contributed by atoms with van der Waals surface area (Å²) in [5.41, 5.74) is 1.43. The van der Waals surface area contributed by atoms with Crippen LogP contribution in [-0.4, -0.2) is 25.6 Å². The molecule has 2 aromatic carbocycles. The molecule has 7 heteroatoms. The molecule has 0 aliphatic rings. The summed E-state index contributed by atoms with van der Waals surface area (Å²) in [7, 11) is 1.08. The average Bonchev–Trinajstić information content (AvgIpc) is 2.65. The number of benzene rings is 2. The standard InChI is InChI=1S/C22H24F3NO3/c1-5-6-11-28-19-12-15(2)20(16(3)13-19)29-14-17-7-9-18(10-8-17)21(26-27-4)22(23,24)25/h5-10,12-13H,11,14H2,1-4H3/b6-5+,26-21-. The molecule has 0 radical (unpaired) electrons. The van der Waals surface area contributed by atoms with Crippen molar-refractivity contribution in [1.82, 2.24) is 0 Å². The summed E-state index contributed by atoms with van der Waals surface area (Å²) in [6, 6.07) is 9.64. The Hall–Kier alpha value is -2.96. The number of aryl methyl sites for hydroxylation is 2. The summed E-state index contributed by atoms with van der Waals surface area (Å²) in [6.45, 7) is 6.49. The first-order valence-corrected chi connectivity index (χ1v) is 9.02. The number of hydrogen-bond acceptors (Lipinski definition) is 4. The van der Waals surface area contributed by atoms with Gasteiger partial charge in [0.1, 0.15) is 31.8 Å². The molecule has 0 heterocycles. The minimum absolute atomic E-state index is 0.0712. The first kappa shape index (κ1) is 22.3. The van der Waals surface area contributed by atoms with Crippen LogP contribution < -0.4 is 9.47 Å². The maximum Gasteiger partial charge on any atom is 0.437 e. The van der Waals surface area contributed by atoms with Crippen LogP contribution in [0, 0.1) is 13.8 Å². The van der Waals surface area contributed by atoms with E-state index in [0.29, 0.717) is 6.61 Å². The molecule has 4 nitrogen and oxygen atoms in total. The van der Waals surface area contributed by atoms with E-state index >= 15 is 0 Å². The lowest BCUT2D eigenvalue weighted by Gasteiger charge is -2.15. The van der Waals surface area contributed by atoms with Crippen LogP contribution in [-0.2, 0) is 11.4 Å². The second-order valence-electron chi connectivity index (χ2n) is 6.37. The fourth-order valence-electron chi connectivity index (χ4n) is 2.74. The summed E-state index contributed by atoms with van der Waals surface area (Å²) in [5.74, 6) is 1.48. The summed E-state index contributed by atoms with van der Waals surface area (Å²) < 4.78 is 50.7. The minimum Gasteiger partial charge on any atom is -0.490 e. The van der Waals surface area contributed by atoms with Crippen molar-refractivity contribution in [2.24, 2.45) is 5.16 Å². The van der Waals surface area contributed by atoms with E-state index in [0.717, 1.165) is 35.3 Å². The fourth-order valence-corrected chi connectivity index (χ4v) is 2.74. The molecule has 0 aliphatic carbocycles. The minimum atomic E-state index is -4.60. The van der Waals surface area contributed by atoms with E-state index in [4.69, 9.17) is 9.47 Å². The number of allylic oxidation sites excluding steroid dienone is 1. The van der Waals surface area contributed by atoms with E-state index in [2.05, 4.69) is 9.99 Å². The predicted molar refractivity (Wildman–Crippen MR) is 107 cm³/mol. The fraction of sp³-hybridized carbons (Fsp3) is 0.318. The van der Waals surface area contributed by atoms with Gasteiger partial charge in [-0.3, -0.25) is 0 Å². The molecule has 0 bridgehead atoms. The predicted octanol–water partition coefficient (Wildman–Crippen LogP) is 5.75. The van der Waals surface area contributed by atoms with Crippen LogP contribution in [0.2, 0.25) is 0 Å². The number of hydrogen-bond donors (Lipinski definition) is 0. The Labute approximate surface area is 168 Å². The van der Waals surface area contributed by atoms with Crippen LogP contribution in [0.5, 0.6) is 11.5 Å². The van der Waals surface area contributed by atoms with Gasteiger partial charge in [0.05, 0.1) is 0 Å². The highest BCUT2D eigenvalue weighted by molar-refractivity contribution is 6.04. The van der Waals surface area contributed by atoms with Crippen molar-refractivity contribution in [3.05, 3.63) is 70.8 Å². The van der Waals surface area contributed by atoms with Gasteiger partial charge in [-0.15, -0.1) is 0 Å². The van der Waals surface area contributed by atoms with Crippen molar-refractivity contribution in [2.75, 3.05) is 13.7 Å². The number of alkyl halides is 3. The molecule has 0 N–H and O–H groups in total. The molecule has 0 amide bonds. The molecule has 0 fully saturated rings. The van der Waals surface area contributed by atoms with Crippen LogP contribution in [0.4, 0.5) is 13.2 Å². The van der Waals surface area contributed by atoms with Gasteiger partial charge in [-0.05, 0) is 49.6 Å². The van der Waals surface area contributed by atoms with E-state index in [1.807, 2.05) is 45.1 Å². The lowest BCUT2D eigenvalue weighted by atomic mass is 10.1. The Bertz CT molecular complexity index is 849. The van der Waals surface area contributed by atoms with Crippen molar-refractivity contribution < 1.29 is 27.5 Å². The van der Waals surface area contributed by atoms with E-state index in [1.165, 1.54) is 12.1 Å². The Balaban J connectivity index is 2.09. The maximum absolute atomic E-state index is 13.0. The Morgan fingerprint density at radius 3 is 2.17 bits per heavy atom. The van der Waals surface area contributed by atoms with Crippen LogP contribution in [0.15, 0.2) is 53.7 Å². The van der Waals surface area contributed by atoms with E-state index in [1.54, 1.807) is 12.1 Å². The van der Waals surface area contributed by atoms with Gasteiger partial charge >= 0.3 is 6.18 Å². The van der Waals surface area contributed by atoms with Crippen molar-refractivity contribution in [1.29, 1.82) is 0 Å². The molecule has 0 atom stereocenters. The third-order valence-electron chi connectivity index (χ3n) is 4.08. The molecular weight excluding hydrogens is 383 g/mol. The Morgan fingerprint density at radius 1 is 1.03 bits per heavy atom. The van der Waals surface area contributed by atoms with Crippen molar-refractivity contribution in [3.63, 3.8) is 0 Å². The normalized spacial score (nSPS) is 12.3. The zero-order chi connectivity index (χ0) is 21.4. The molecule has 0 aromatic heterocycles. The number of rotatable bonds is 8. The molecular formula is C22H24F3NO3. The summed E-state index contributed by atoms with van der Waals surface area (Å²) >= 11 is 0. The van der Waals surface area contributed by atoms with Gasteiger partial charge in [-0.25, -0.2) is 0 Å². The van der Waals surface area contributed by atoms with Crippen molar-refractivity contribution in [3.8, 4) is 11.5 Å². The molecule has 0 saturated carbocycles. The second-order valence-corrected chi connectivity index (χ2v) is 6.37. The topological polar surface area (TPSA) is 40.0 Å². The number of ether oxygens (including phenoxy) is 2. The lowest BCUT2D eigenvalue weighted by molar-refractivity contribution is -0.0608. The van der Waals surface area contributed by atoms with Crippen LogP contribution in [0.25, 0.3) is 0 Å². The lowest BCUT2D eigenvalue weighted by Crippen LogP contribution is -2.24. The highest BCUT2D eigenvalue weighted by atomic mass is 19.4. The SMILES string of the molecule is C/C=C/COc1cc(C)c(OCc2ccc(/C(=N/OC)C(F)(F)F)cc2)c(C)c1. The van der Waals surface area contributed by atoms with E-state index in [9.17, 15) is 13.2 Å². The average molecular weight is 407 g/mol. The van der Waals surface area contributed by atoms with Gasteiger partial charge in [0, 0.05) is 5.56 Å². The van der Waals surface area contributed by atoms with E-state index < -0.39 is 11.9 Å². The van der Waals surface area contributed by atoms with Crippen molar-refractivity contribution >= 4 is 5.71 Å². The zero-order valence-electron chi connectivity index (χ0n) is 16.8. The molecule has 29 heavy (non-hydrogen) atoms. The number of nitrogens with zero attached hydrogens (tertiary/aromatic N) is 1. The van der Waals surface area contributed by atoms with E-state index in [-0.39, 0.29) is 12.2 Å². The van der Waals surface area contributed by atoms with Crippen molar-refractivity contribution in [2.45, 2.75) is 33.6 Å². The molecule has 0 spiro atoms. The van der Waals surface area contributed by atoms with Crippen LogP contribution in [0.1, 0.15) is 29.2 Å². The maximum atomic E-state index is 13.0. The van der Waals surface area contributed by atoms with Gasteiger partial charge in [-0.1, -0.05) is 41.6 Å². The highest BCUT2D eigenvalue weighted by Gasteiger charge is 2.37. The Kier molecular flexibility index (Phi) is 7.70. The van der Waals surface area contributed by atoms with Gasteiger partial charge in [0.2, 0.25) is 0 Å². The zero-order valence-corrected chi connectivity index (χ0v) is 16.8. The molecule has 0 unspecified atom stereocenters. The van der Waals surface area contributed by atoms with Gasteiger partial charge in [-0.2, -0.15) is 13.2 Å². The third-order valence-corrected chi connectivity index (χ3v) is 4.08. The first-order valence-electron chi connectivity index (χ1n) is 9.02. The van der Waals surface area contributed by atoms with Crippen LogP contribution in [0.3, 0.4) is 0 Å². The largest absolute Gasteiger partial charge is 0.490 e. The number of halogens is 3. The summed E-state index contributed by atoms with van der Waals surface area (Å²) in [4.78, 5) is 4.32. The molecule has 2 aromatic rings. The van der Waals surface area contributed by atoms with Gasteiger partial charge in [0.25, 0.3) is 0 Å². The molecule has 156 valence electrons. The Morgan fingerprint density at radius 2 is 1.66 bits per heavy atom. The second kappa shape index (κ2) is 10.0. The molecule has 0 saturated heterocycles. The van der Waals surface area contributed by atoms with Gasteiger partial charge < -0.3 is 14.3 Å². The summed E-state index contributed by atoms with van der Waals surface area (Å²) in [6.07, 6.45) is -0.763.